The van der Waals surface area contributed by atoms with E-state index in [9.17, 15) is 9.50 Å². The van der Waals surface area contributed by atoms with Crippen LogP contribution in [0.5, 0.6) is 0 Å². The van der Waals surface area contributed by atoms with Gasteiger partial charge in [0.2, 0.25) is 0 Å². The summed E-state index contributed by atoms with van der Waals surface area (Å²) in [6.45, 7) is 0. The third-order valence-electron chi connectivity index (χ3n) is 2.08. The van der Waals surface area contributed by atoms with Crippen LogP contribution in [0.3, 0.4) is 0 Å². The summed E-state index contributed by atoms with van der Waals surface area (Å²) in [6.07, 6.45) is 0.599. The summed E-state index contributed by atoms with van der Waals surface area (Å²) >= 11 is 3.25. The molecular weight excluding hydrogens is 263 g/mol. The van der Waals surface area contributed by atoms with E-state index in [2.05, 4.69) is 15.9 Å². The van der Waals surface area contributed by atoms with E-state index in [1.165, 1.54) is 30.5 Å². The van der Waals surface area contributed by atoms with Gasteiger partial charge in [0.05, 0.1) is 10.7 Å². The van der Waals surface area contributed by atoms with Gasteiger partial charge in [-0.3, -0.25) is 0 Å². The lowest BCUT2D eigenvalue weighted by Gasteiger charge is -2.08. The molecule has 78 valence electrons. The minimum absolute atomic E-state index is 0.329. The Kier molecular flexibility index (Phi) is 2.88. The van der Waals surface area contributed by atoms with Crippen LogP contribution < -0.4 is 0 Å². The molecule has 0 aliphatic heterocycles. The van der Waals surface area contributed by atoms with E-state index in [0.29, 0.717) is 15.8 Å². The van der Waals surface area contributed by atoms with Crippen molar-refractivity contribution in [2.45, 2.75) is 6.10 Å². The monoisotopic (exact) mass is 270 g/mol. The van der Waals surface area contributed by atoms with Gasteiger partial charge in [0, 0.05) is 0 Å². The molecule has 15 heavy (non-hydrogen) atoms. The summed E-state index contributed by atoms with van der Waals surface area (Å²) < 4.78 is 18.5. The molecule has 1 aromatic heterocycles. The van der Waals surface area contributed by atoms with Gasteiger partial charge in [0.1, 0.15) is 11.9 Å². The predicted molar refractivity (Wildman–Crippen MR) is 56.9 cm³/mol. The standard InChI is InChI=1S/C11H8BrFO2/c12-9-5-6-15-11(9)10(14)7-1-3-8(13)4-2-7/h1-6,10,14H. The van der Waals surface area contributed by atoms with Crippen LogP contribution >= 0.6 is 15.9 Å². The molecule has 0 radical (unpaired) electrons. The Labute approximate surface area is 94.5 Å². The van der Waals surface area contributed by atoms with E-state index in [1.54, 1.807) is 6.07 Å². The van der Waals surface area contributed by atoms with Gasteiger partial charge in [-0.2, -0.15) is 0 Å². The highest BCUT2D eigenvalue weighted by Crippen LogP contribution is 2.29. The number of rotatable bonds is 2. The fourth-order valence-electron chi connectivity index (χ4n) is 1.30. The minimum atomic E-state index is -0.880. The van der Waals surface area contributed by atoms with Gasteiger partial charge in [0.15, 0.2) is 5.76 Å². The van der Waals surface area contributed by atoms with Crippen LogP contribution in [0, 0.1) is 5.82 Å². The Hall–Kier alpha value is -1.13. The number of halogens is 2. The summed E-state index contributed by atoms with van der Waals surface area (Å²) in [7, 11) is 0. The van der Waals surface area contributed by atoms with E-state index < -0.39 is 6.10 Å². The first-order valence-corrected chi connectivity index (χ1v) is 5.14. The molecule has 4 heteroatoms. The highest BCUT2D eigenvalue weighted by Gasteiger charge is 2.16. The molecule has 1 heterocycles. The lowest BCUT2D eigenvalue weighted by Crippen LogP contribution is -1.98. The summed E-state index contributed by atoms with van der Waals surface area (Å²) in [5.74, 6) is 0.0890. The third-order valence-corrected chi connectivity index (χ3v) is 2.73. The molecule has 0 aliphatic rings. The SMILES string of the molecule is OC(c1ccc(F)cc1)c1occc1Br. The summed E-state index contributed by atoms with van der Waals surface area (Å²) in [5, 5.41) is 9.91. The number of aliphatic hydroxyl groups excluding tert-OH is 1. The third kappa shape index (κ3) is 2.11. The predicted octanol–water partition coefficient (Wildman–Crippen LogP) is 3.26. The molecule has 0 aliphatic carbocycles. The summed E-state index contributed by atoms with van der Waals surface area (Å²) in [4.78, 5) is 0. The van der Waals surface area contributed by atoms with Gasteiger partial charge in [0.25, 0.3) is 0 Å². The molecule has 2 nitrogen and oxygen atoms in total. The molecule has 0 saturated carbocycles. The highest BCUT2D eigenvalue weighted by atomic mass is 79.9. The fourth-order valence-corrected chi connectivity index (χ4v) is 1.72. The molecule has 1 unspecified atom stereocenters. The van der Waals surface area contributed by atoms with Crippen molar-refractivity contribution in [2.75, 3.05) is 0 Å². The second kappa shape index (κ2) is 4.16. The maximum absolute atomic E-state index is 12.7. The van der Waals surface area contributed by atoms with Gasteiger partial charge in [-0.15, -0.1) is 0 Å². The Morgan fingerprint density at radius 1 is 1.20 bits per heavy atom. The van der Waals surface area contributed by atoms with E-state index >= 15 is 0 Å². The number of benzene rings is 1. The number of hydrogen-bond donors (Lipinski definition) is 1. The molecule has 1 aromatic carbocycles. The molecule has 2 aromatic rings. The van der Waals surface area contributed by atoms with Crippen molar-refractivity contribution in [3.63, 3.8) is 0 Å². The zero-order chi connectivity index (χ0) is 10.8. The highest BCUT2D eigenvalue weighted by molar-refractivity contribution is 9.10. The molecule has 2 rings (SSSR count). The van der Waals surface area contributed by atoms with Crippen LogP contribution in [0.2, 0.25) is 0 Å². The quantitative estimate of drug-likeness (QED) is 0.909. The molecule has 0 fully saturated rings. The molecule has 0 saturated heterocycles. The molecule has 0 spiro atoms. The Bertz CT molecular complexity index is 450. The van der Waals surface area contributed by atoms with E-state index in [-0.39, 0.29) is 5.82 Å². The number of aliphatic hydroxyl groups is 1. The van der Waals surface area contributed by atoms with Gasteiger partial charge in [-0.1, -0.05) is 12.1 Å². The second-order valence-corrected chi connectivity index (χ2v) is 3.94. The second-order valence-electron chi connectivity index (χ2n) is 3.09. The normalized spacial score (nSPS) is 12.7. The van der Waals surface area contributed by atoms with E-state index in [4.69, 9.17) is 4.42 Å². The lowest BCUT2D eigenvalue weighted by atomic mass is 10.1. The van der Waals surface area contributed by atoms with Crippen LogP contribution in [0.1, 0.15) is 17.4 Å². The van der Waals surface area contributed by atoms with Crippen molar-refractivity contribution in [3.05, 3.63) is 58.2 Å². The van der Waals surface area contributed by atoms with Crippen molar-refractivity contribution < 1.29 is 13.9 Å². The molecule has 0 amide bonds. The Balaban J connectivity index is 2.32. The van der Waals surface area contributed by atoms with Crippen molar-refractivity contribution in [1.29, 1.82) is 0 Å². The lowest BCUT2D eigenvalue weighted by molar-refractivity contribution is 0.188. The van der Waals surface area contributed by atoms with Crippen LogP contribution in [0.4, 0.5) is 4.39 Å². The number of hydrogen-bond acceptors (Lipinski definition) is 2. The first-order chi connectivity index (χ1) is 7.18. The zero-order valence-electron chi connectivity index (χ0n) is 7.65. The van der Waals surface area contributed by atoms with Gasteiger partial charge >= 0.3 is 0 Å². The average Bonchev–Trinajstić information content (AvgIpc) is 2.65. The van der Waals surface area contributed by atoms with Gasteiger partial charge in [-0.25, -0.2) is 4.39 Å². The maximum atomic E-state index is 12.7. The average molecular weight is 271 g/mol. The number of furan rings is 1. The van der Waals surface area contributed by atoms with Gasteiger partial charge < -0.3 is 9.52 Å². The first kappa shape index (κ1) is 10.4. The summed E-state index contributed by atoms with van der Waals surface area (Å²) in [6, 6.07) is 7.34. The Morgan fingerprint density at radius 3 is 2.40 bits per heavy atom. The maximum Gasteiger partial charge on any atom is 0.150 e. The topological polar surface area (TPSA) is 33.4 Å². The smallest absolute Gasteiger partial charge is 0.150 e. The van der Waals surface area contributed by atoms with E-state index in [0.717, 1.165) is 0 Å². The minimum Gasteiger partial charge on any atom is -0.465 e. The van der Waals surface area contributed by atoms with E-state index in [1.807, 2.05) is 0 Å². The van der Waals surface area contributed by atoms with Crippen LogP contribution in [-0.4, -0.2) is 5.11 Å². The van der Waals surface area contributed by atoms with Crippen molar-refractivity contribution >= 4 is 15.9 Å². The largest absolute Gasteiger partial charge is 0.465 e. The molecular formula is C11H8BrFO2. The van der Waals surface area contributed by atoms with Crippen molar-refractivity contribution in [2.24, 2.45) is 0 Å². The molecule has 1 N–H and O–H groups in total. The van der Waals surface area contributed by atoms with Crippen LogP contribution in [0.25, 0.3) is 0 Å². The molecule has 0 bridgehead atoms. The first-order valence-electron chi connectivity index (χ1n) is 4.35. The van der Waals surface area contributed by atoms with Crippen molar-refractivity contribution in [1.82, 2.24) is 0 Å². The van der Waals surface area contributed by atoms with Crippen LogP contribution in [0.15, 0.2) is 45.5 Å². The fraction of sp³-hybridized carbons (Fsp3) is 0.0909. The molecule has 1 atom stereocenters. The van der Waals surface area contributed by atoms with Gasteiger partial charge in [-0.05, 0) is 39.7 Å². The van der Waals surface area contributed by atoms with Crippen LogP contribution in [-0.2, 0) is 0 Å². The zero-order valence-corrected chi connectivity index (χ0v) is 9.24. The summed E-state index contributed by atoms with van der Waals surface area (Å²) in [5.41, 5.74) is 0.590. The Morgan fingerprint density at radius 2 is 1.87 bits per heavy atom. The van der Waals surface area contributed by atoms with Crippen molar-refractivity contribution in [3.8, 4) is 0 Å².